The van der Waals surface area contributed by atoms with Gasteiger partial charge in [0, 0.05) is 31.2 Å². The van der Waals surface area contributed by atoms with Gasteiger partial charge in [0.2, 0.25) is 5.91 Å². The zero-order chi connectivity index (χ0) is 18.4. The van der Waals surface area contributed by atoms with E-state index in [0.717, 1.165) is 55.9 Å². The average Bonchev–Trinajstić information content (AvgIpc) is 3.15. The van der Waals surface area contributed by atoms with Crippen molar-refractivity contribution in [3.63, 3.8) is 0 Å². The maximum absolute atomic E-state index is 13.7. The van der Waals surface area contributed by atoms with Crippen molar-refractivity contribution in [3.05, 3.63) is 52.2 Å². The highest BCUT2D eigenvalue weighted by molar-refractivity contribution is 7.09. The van der Waals surface area contributed by atoms with Gasteiger partial charge in [-0.1, -0.05) is 18.2 Å². The predicted octanol–water partition coefficient (Wildman–Crippen LogP) is 3.24. The van der Waals surface area contributed by atoms with Crippen molar-refractivity contribution in [3.8, 4) is 0 Å². The predicted molar refractivity (Wildman–Crippen MR) is 103 cm³/mol. The molecule has 0 saturated carbocycles. The third kappa shape index (κ3) is 5.35. The summed E-state index contributed by atoms with van der Waals surface area (Å²) < 4.78 is 13.7. The van der Waals surface area contributed by atoms with Crippen LogP contribution in [0.2, 0.25) is 0 Å². The van der Waals surface area contributed by atoms with E-state index in [1.807, 2.05) is 24.1 Å². The molecule has 2 aromatic rings. The second-order valence-corrected chi connectivity index (χ2v) is 8.02. The summed E-state index contributed by atoms with van der Waals surface area (Å²) >= 11 is 1.53. The Hall–Kier alpha value is -1.79. The number of hydrogen-bond acceptors (Lipinski definition) is 4. The molecule has 4 nitrogen and oxygen atoms in total. The molecule has 0 radical (unpaired) electrons. The summed E-state index contributed by atoms with van der Waals surface area (Å²) in [4.78, 5) is 21.6. The minimum absolute atomic E-state index is 0.108. The third-order valence-corrected chi connectivity index (χ3v) is 5.91. The van der Waals surface area contributed by atoms with Gasteiger partial charge in [-0.15, -0.1) is 11.3 Å². The lowest BCUT2D eigenvalue weighted by Gasteiger charge is -2.34. The molecule has 1 aliphatic heterocycles. The van der Waals surface area contributed by atoms with Crippen LogP contribution in [0.25, 0.3) is 0 Å². The molecule has 0 atom stereocenters. The van der Waals surface area contributed by atoms with E-state index in [4.69, 9.17) is 0 Å². The van der Waals surface area contributed by atoms with E-state index in [1.165, 1.54) is 17.4 Å². The van der Waals surface area contributed by atoms with Crippen molar-refractivity contribution >= 4 is 17.2 Å². The number of rotatable bonds is 7. The molecule has 1 saturated heterocycles. The maximum atomic E-state index is 13.7. The summed E-state index contributed by atoms with van der Waals surface area (Å²) in [6, 6.07) is 7.02. The summed E-state index contributed by atoms with van der Waals surface area (Å²) in [7, 11) is 1.90. The number of likely N-dealkylation sites (tertiary alicyclic amines) is 1. The highest BCUT2D eigenvalue weighted by atomic mass is 32.1. The van der Waals surface area contributed by atoms with Crippen LogP contribution in [0.15, 0.2) is 36.0 Å². The Morgan fingerprint density at radius 3 is 2.81 bits per heavy atom. The van der Waals surface area contributed by atoms with Crippen LogP contribution >= 0.6 is 11.3 Å². The highest BCUT2D eigenvalue weighted by Gasteiger charge is 2.22. The number of hydrogen-bond donors (Lipinski definition) is 0. The first-order chi connectivity index (χ1) is 12.6. The summed E-state index contributed by atoms with van der Waals surface area (Å²) in [6.07, 6.45) is 5.16. The number of halogens is 1. The van der Waals surface area contributed by atoms with Gasteiger partial charge in [0.25, 0.3) is 0 Å². The highest BCUT2D eigenvalue weighted by Crippen LogP contribution is 2.19. The van der Waals surface area contributed by atoms with E-state index in [0.29, 0.717) is 12.3 Å². The first-order valence-electron chi connectivity index (χ1n) is 9.19. The van der Waals surface area contributed by atoms with Crippen molar-refractivity contribution in [2.45, 2.75) is 25.7 Å². The molecule has 0 spiro atoms. The minimum atomic E-state index is -0.108. The lowest BCUT2D eigenvalue weighted by molar-refractivity contribution is -0.129. The SMILES string of the molecule is CN(CC1CCN(CCc2ccccc2F)CC1)C(=O)Cc1cncs1. The molecule has 1 aliphatic rings. The second-order valence-electron chi connectivity index (χ2n) is 7.05. The number of thiazole rings is 1. The van der Waals surface area contributed by atoms with Crippen LogP contribution in [0.3, 0.4) is 0 Å². The molecule has 0 unspecified atom stereocenters. The topological polar surface area (TPSA) is 36.4 Å². The van der Waals surface area contributed by atoms with Crippen LogP contribution in [0, 0.1) is 11.7 Å². The van der Waals surface area contributed by atoms with Crippen LogP contribution in [0.1, 0.15) is 23.3 Å². The van der Waals surface area contributed by atoms with E-state index in [1.54, 1.807) is 17.8 Å². The molecular weight excluding hydrogens is 349 g/mol. The molecule has 1 aromatic heterocycles. The molecule has 1 aromatic carbocycles. The van der Waals surface area contributed by atoms with Crippen LogP contribution in [-0.2, 0) is 17.6 Å². The first-order valence-corrected chi connectivity index (χ1v) is 10.1. The molecule has 6 heteroatoms. The first kappa shape index (κ1) is 19.0. The van der Waals surface area contributed by atoms with Crippen LogP contribution < -0.4 is 0 Å². The van der Waals surface area contributed by atoms with Crippen molar-refractivity contribution in [1.82, 2.24) is 14.8 Å². The van der Waals surface area contributed by atoms with E-state index in [2.05, 4.69) is 9.88 Å². The number of piperidine rings is 1. The van der Waals surface area contributed by atoms with Gasteiger partial charge >= 0.3 is 0 Å². The van der Waals surface area contributed by atoms with E-state index >= 15 is 0 Å². The summed E-state index contributed by atoms with van der Waals surface area (Å²) in [6.45, 7) is 3.76. The Balaban J connectivity index is 1.38. The molecule has 1 amide bonds. The standard InChI is InChI=1S/C20H26FN3OS/c1-23(20(25)12-18-13-22-15-26-18)14-16-6-9-24(10-7-16)11-8-17-4-2-3-5-19(17)21/h2-5,13,15-16H,6-12,14H2,1H3. The quantitative estimate of drug-likeness (QED) is 0.745. The Kier molecular flexibility index (Phi) is 6.74. The monoisotopic (exact) mass is 375 g/mol. The van der Waals surface area contributed by atoms with Crippen molar-refractivity contribution in [2.75, 3.05) is 33.2 Å². The van der Waals surface area contributed by atoms with Crippen LogP contribution in [0.4, 0.5) is 4.39 Å². The molecule has 3 rings (SSSR count). The lowest BCUT2D eigenvalue weighted by atomic mass is 9.96. The molecule has 0 aliphatic carbocycles. The summed E-state index contributed by atoms with van der Waals surface area (Å²) in [5, 5.41) is 0. The number of amides is 1. The minimum Gasteiger partial charge on any atom is -0.345 e. The van der Waals surface area contributed by atoms with Crippen molar-refractivity contribution < 1.29 is 9.18 Å². The molecule has 2 heterocycles. The maximum Gasteiger partial charge on any atom is 0.227 e. The largest absolute Gasteiger partial charge is 0.345 e. The zero-order valence-corrected chi connectivity index (χ0v) is 16.1. The zero-order valence-electron chi connectivity index (χ0n) is 15.2. The number of carbonyl (C=O) groups excluding carboxylic acids is 1. The normalized spacial score (nSPS) is 15.9. The van der Waals surface area contributed by atoms with E-state index in [-0.39, 0.29) is 11.7 Å². The van der Waals surface area contributed by atoms with Crippen molar-refractivity contribution in [1.29, 1.82) is 0 Å². The van der Waals surface area contributed by atoms with Gasteiger partial charge in [0.05, 0.1) is 11.9 Å². The molecular formula is C20H26FN3OS. The number of nitrogens with zero attached hydrogens (tertiary/aromatic N) is 3. The number of carbonyl (C=O) groups is 1. The Labute approximate surface area is 158 Å². The molecule has 26 heavy (non-hydrogen) atoms. The number of benzene rings is 1. The second kappa shape index (κ2) is 9.24. The smallest absolute Gasteiger partial charge is 0.227 e. The molecule has 140 valence electrons. The molecule has 1 fully saturated rings. The van der Waals surface area contributed by atoms with Gasteiger partial charge in [0.15, 0.2) is 0 Å². The Morgan fingerprint density at radius 1 is 1.35 bits per heavy atom. The number of likely N-dealkylation sites (N-methyl/N-ethyl adjacent to an activating group) is 1. The van der Waals surface area contributed by atoms with Crippen LogP contribution in [0.5, 0.6) is 0 Å². The van der Waals surface area contributed by atoms with Gasteiger partial charge in [-0.05, 0) is 49.9 Å². The molecule has 0 N–H and O–H groups in total. The average molecular weight is 376 g/mol. The number of aromatic nitrogens is 1. The Bertz CT molecular complexity index is 699. The van der Waals surface area contributed by atoms with Gasteiger partial charge in [-0.3, -0.25) is 9.78 Å². The van der Waals surface area contributed by atoms with Gasteiger partial charge in [0.1, 0.15) is 5.82 Å². The van der Waals surface area contributed by atoms with E-state index < -0.39 is 0 Å². The fraction of sp³-hybridized carbons (Fsp3) is 0.500. The van der Waals surface area contributed by atoms with Crippen molar-refractivity contribution in [2.24, 2.45) is 5.92 Å². The summed E-state index contributed by atoms with van der Waals surface area (Å²) in [5.74, 6) is 0.606. The third-order valence-electron chi connectivity index (χ3n) is 5.13. The van der Waals surface area contributed by atoms with E-state index in [9.17, 15) is 9.18 Å². The van der Waals surface area contributed by atoms with Gasteiger partial charge < -0.3 is 9.80 Å². The fourth-order valence-electron chi connectivity index (χ4n) is 3.47. The Morgan fingerprint density at radius 2 is 2.12 bits per heavy atom. The van der Waals surface area contributed by atoms with Gasteiger partial charge in [-0.2, -0.15) is 0 Å². The fourth-order valence-corrected chi connectivity index (χ4v) is 4.06. The summed E-state index contributed by atoms with van der Waals surface area (Å²) in [5.41, 5.74) is 2.56. The van der Waals surface area contributed by atoms with Gasteiger partial charge in [-0.25, -0.2) is 4.39 Å². The lowest BCUT2D eigenvalue weighted by Crippen LogP contribution is -2.40. The molecule has 0 bridgehead atoms. The van der Waals surface area contributed by atoms with Crippen LogP contribution in [-0.4, -0.2) is 53.9 Å².